The number of rotatable bonds is 5. The van der Waals surface area contributed by atoms with Gasteiger partial charge in [0.15, 0.2) is 17.1 Å². The molecular formula is C24H25BrClN3O8. The summed E-state index contributed by atoms with van der Waals surface area (Å²) in [4.78, 5) is 52.5. The first kappa shape index (κ1) is 27.1. The summed E-state index contributed by atoms with van der Waals surface area (Å²) in [6.07, 6.45) is 0.131. The van der Waals surface area contributed by atoms with Gasteiger partial charge in [0, 0.05) is 23.2 Å². The van der Waals surface area contributed by atoms with E-state index in [1.807, 2.05) is 0 Å². The molecule has 4 rings (SSSR count). The van der Waals surface area contributed by atoms with Crippen LogP contribution in [-0.2, 0) is 20.8 Å². The molecule has 0 heterocycles. The maximum atomic E-state index is 13.6. The zero-order valence-corrected chi connectivity index (χ0v) is 22.2. The molecule has 0 saturated heterocycles. The van der Waals surface area contributed by atoms with Gasteiger partial charge in [-0.05, 0) is 44.5 Å². The number of nitrogens with two attached hydrogens (primary N) is 1. The fraction of sp³-hybridized carbons (Fsp3) is 0.417. The third kappa shape index (κ3) is 3.94. The Balaban J connectivity index is 1.90. The minimum absolute atomic E-state index is 0.00151. The lowest BCUT2D eigenvalue weighted by Crippen LogP contribution is -2.63. The van der Waals surface area contributed by atoms with Crippen LogP contribution >= 0.6 is 27.5 Å². The third-order valence-corrected chi connectivity index (χ3v) is 7.95. The van der Waals surface area contributed by atoms with Crippen molar-refractivity contribution in [1.82, 2.24) is 4.90 Å². The normalized spacial score (nSPS) is 27.1. The van der Waals surface area contributed by atoms with Gasteiger partial charge in [0.2, 0.25) is 11.7 Å². The smallest absolute Gasteiger partial charge is 0.255 e. The number of fused-ring (bicyclic) bond motifs is 3. The van der Waals surface area contributed by atoms with Crippen LogP contribution in [0.15, 0.2) is 28.7 Å². The SMILES string of the molecule is CN(C)[C@@H]1C(O)=C(C(N)=O)C(=O)[C@@]2(O)C(O)=C3C(=O)c4c(cc(Cl)c(NC(=O)CCBr)c4O)CC3CC12. The molecule has 0 bridgehead atoms. The maximum absolute atomic E-state index is 13.6. The number of allylic oxidation sites excluding steroid dienone is 1. The number of hydrogen-bond donors (Lipinski definition) is 6. The molecule has 3 aliphatic carbocycles. The number of hydrogen-bond acceptors (Lipinski definition) is 9. The van der Waals surface area contributed by atoms with Crippen molar-refractivity contribution in [3.8, 4) is 5.75 Å². The molecule has 0 spiro atoms. The van der Waals surface area contributed by atoms with Gasteiger partial charge in [-0.1, -0.05) is 27.5 Å². The van der Waals surface area contributed by atoms with Crippen molar-refractivity contribution in [2.75, 3.05) is 24.7 Å². The second-order valence-corrected chi connectivity index (χ2v) is 10.8. The number of primary amides is 1. The molecule has 0 saturated carbocycles. The molecule has 2 unspecified atom stereocenters. The number of aliphatic hydroxyl groups excluding tert-OH is 2. The Morgan fingerprint density at radius 2 is 1.92 bits per heavy atom. The van der Waals surface area contributed by atoms with E-state index < -0.39 is 69.7 Å². The number of benzene rings is 1. The van der Waals surface area contributed by atoms with Crippen LogP contribution in [0.4, 0.5) is 5.69 Å². The van der Waals surface area contributed by atoms with E-state index in [0.717, 1.165) is 0 Å². The van der Waals surface area contributed by atoms with Gasteiger partial charge in [-0.25, -0.2) is 0 Å². The number of amides is 2. The summed E-state index contributed by atoms with van der Waals surface area (Å²) >= 11 is 9.45. The summed E-state index contributed by atoms with van der Waals surface area (Å²) in [5, 5.41) is 47.4. The van der Waals surface area contributed by atoms with E-state index in [1.165, 1.54) is 11.0 Å². The molecule has 11 nitrogen and oxygen atoms in total. The molecule has 3 aliphatic rings. The maximum Gasteiger partial charge on any atom is 0.255 e. The Bertz CT molecular complexity index is 1320. The highest BCUT2D eigenvalue weighted by Crippen LogP contribution is 2.53. The highest BCUT2D eigenvalue weighted by atomic mass is 79.9. The monoisotopic (exact) mass is 597 g/mol. The van der Waals surface area contributed by atoms with Crippen molar-refractivity contribution in [3.05, 3.63) is 44.9 Å². The highest BCUT2D eigenvalue weighted by Gasteiger charge is 2.63. The van der Waals surface area contributed by atoms with E-state index in [4.69, 9.17) is 17.3 Å². The Morgan fingerprint density at radius 1 is 1.27 bits per heavy atom. The first-order valence-corrected chi connectivity index (χ1v) is 12.8. The molecule has 1 aromatic carbocycles. The van der Waals surface area contributed by atoms with Gasteiger partial charge in [-0.3, -0.25) is 24.1 Å². The Hall–Kier alpha value is -2.93. The molecule has 13 heteroatoms. The number of nitrogens with one attached hydrogen (secondary N) is 1. The lowest BCUT2D eigenvalue weighted by atomic mass is 9.58. The van der Waals surface area contributed by atoms with Crippen LogP contribution in [-0.4, -0.2) is 79.8 Å². The van der Waals surface area contributed by atoms with Crippen molar-refractivity contribution in [2.24, 2.45) is 17.6 Å². The van der Waals surface area contributed by atoms with Crippen LogP contribution in [0.25, 0.3) is 0 Å². The molecule has 7 N–H and O–H groups in total. The van der Waals surface area contributed by atoms with E-state index in [2.05, 4.69) is 21.2 Å². The molecule has 0 aromatic heterocycles. The predicted octanol–water partition coefficient (Wildman–Crippen LogP) is 1.50. The summed E-state index contributed by atoms with van der Waals surface area (Å²) in [5.41, 5.74) is 1.35. The summed E-state index contributed by atoms with van der Waals surface area (Å²) < 4.78 is 0. The fourth-order valence-electron chi connectivity index (χ4n) is 5.68. The highest BCUT2D eigenvalue weighted by molar-refractivity contribution is 9.09. The first-order chi connectivity index (χ1) is 17.3. The minimum atomic E-state index is -2.72. The quantitative estimate of drug-likeness (QED) is 0.166. The number of alkyl halides is 1. The van der Waals surface area contributed by atoms with Crippen LogP contribution in [0.3, 0.4) is 0 Å². The van der Waals surface area contributed by atoms with Crippen molar-refractivity contribution in [1.29, 1.82) is 0 Å². The molecule has 37 heavy (non-hydrogen) atoms. The number of aromatic hydroxyl groups is 1. The molecule has 0 aliphatic heterocycles. The number of Topliss-reactive ketones (excluding diaryl/α,β-unsaturated/α-hetero) is 2. The number of ketones is 2. The zero-order chi connectivity index (χ0) is 27.6. The van der Waals surface area contributed by atoms with E-state index in [1.54, 1.807) is 14.1 Å². The third-order valence-electron chi connectivity index (χ3n) is 7.25. The van der Waals surface area contributed by atoms with Crippen molar-refractivity contribution >= 4 is 56.6 Å². The second-order valence-electron chi connectivity index (χ2n) is 9.57. The Labute approximate surface area is 224 Å². The largest absolute Gasteiger partial charge is 0.510 e. The van der Waals surface area contributed by atoms with Gasteiger partial charge in [-0.15, -0.1) is 0 Å². The van der Waals surface area contributed by atoms with Crippen LogP contribution < -0.4 is 11.1 Å². The van der Waals surface area contributed by atoms with Crippen molar-refractivity contribution < 1.29 is 39.6 Å². The molecule has 2 amide bonds. The molecule has 198 valence electrons. The summed E-state index contributed by atoms with van der Waals surface area (Å²) in [6.45, 7) is 0. The van der Waals surface area contributed by atoms with Gasteiger partial charge in [-0.2, -0.15) is 0 Å². The first-order valence-electron chi connectivity index (χ1n) is 11.3. The van der Waals surface area contributed by atoms with Gasteiger partial charge in [0.1, 0.15) is 22.8 Å². The van der Waals surface area contributed by atoms with Crippen molar-refractivity contribution in [3.63, 3.8) is 0 Å². The number of phenols is 1. The van der Waals surface area contributed by atoms with E-state index in [-0.39, 0.29) is 41.1 Å². The van der Waals surface area contributed by atoms with E-state index in [9.17, 15) is 39.6 Å². The lowest BCUT2D eigenvalue weighted by molar-refractivity contribution is -0.148. The summed E-state index contributed by atoms with van der Waals surface area (Å²) in [6, 6.07) is 0.361. The lowest BCUT2D eigenvalue weighted by Gasteiger charge is -2.50. The number of likely N-dealkylation sites (N-methyl/N-ethyl adjacent to an activating group) is 1. The number of anilines is 1. The molecule has 1 aromatic rings. The standard InChI is InChI=1S/C24H25BrClN3O8/c1-29(2)17-10-6-8-5-9-7-11(26)16(28-12(30)3-4-25)19(32)13(9)18(31)14(8)21(34)24(10,37)22(35)15(20(17)33)23(27)36/h7-8,10,17,32-34,37H,3-6H2,1-2H3,(H2,27,36)(H,28,30)/t8?,10?,17-,24-/m0/s1. The average molecular weight is 599 g/mol. The van der Waals surface area contributed by atoms with Crippen LogP contribution in [0.2, 0.25) is 5.02 Å². The van der Waals surface area contributed by atoms with Gasteiger partial charge in [0.05, 0.1) is 16.6 Å². The predicted molar refractivity (Wildman–Crippen MR) is 136 cm³/mol. The molecule has 0 radical (unpaired) electrons. The fourth-order valence-corrected chi connectivity index (χ4v) is 6.31. The van der Waals surface area contributed by atoms with E-state index in [0.29, 0.717) is 10.9 Å². The Morgan fingerprint density at radius 3 is 2.49 bits per heavy atom. The number of carbonyl (C=O) groups excluding carboxylic acids is 4. The summed E-state index contributed by atoms with van der Waals surface area (Å²) in [5.74, 6) is -7.99. The van der Waals surface area contributed by atoms with E-state index >= 15 is 0 Å². The topological polar surface area (TPSA) is 190 Å². The molecule has 0 fully saturated rings. The zero-order valence-electron chi connectivity index (χ0n) is 19.8. The number of nitrogens with zero attached hydrogens (tertiary/aromatic N) is 1. The van der Waals surface area contributed by atoms with Gasteiger partial charge < -0.3 is 31.5 Å². The van der Waals surface area contributed by atoms with Crippen LogP contribution in [0, 0.1) is 11.8 Å². The number of phenolic OH excluding ortho intramolecular Hbond substituents is 1. The molecular weight excluding hydrogens is 574 g/mol. The Kier molecular flexibility index (Phi) is 6.91. The molecule has 4 atom stereocenters. The van der Waals surface area contributed by atoms with Crippen molar-refractivity contribution in [2.45, 2.75) is 30.9 Å². The summed E-state index contributed by atoms with van der Waals surface area (Å²) in [7, 11) is 3.10. The van der Waals surface area contributed by atoms with Gasteiger partial charge in [0.25, 0.3) is 5.91 Å². The number of halogens is 2. The number of carbonyl (C=O) groups is 4. The second kappa shape index (κ2) is 9.43. The van der Waals surface area contributed by atoms with Crippen LogP contribution in [0.5, 0.6) is 5.75 Å². The van der Waals surface area contributed by atoms with Gasteiger partial charge >= 0.3 is 0 Å². The van der Waals surface area contributed by atoms with Crippen LogP contribution in [0.1, 0.15) is 28.8 Å². The minimum Gasteiger partial charge on any atom is -0.510 e. The average Bonchev–Trinajstić information content (AvgIpc) is 2.78. The number of aliphatic hydroxyl groups is 3.